The van der Waals surface area contributed by atoms with Crippen LogP contribution >= 0.6 is 0 Å². The van der Waals surface area contributed by atoms with Crippen LogP contribution in [-0.2, 0) is 17.6 Å². The number of piperidine rings is 3. The van der Waals surface area contributed by atoms with Crippen LogP contribution in [0, 0.1) is 18.8 Å². The monoisotopic (exact) mass is 516 g/mol. The maximum absolute atomic E-state index is 13.9. The van der Waals surface area contributed by atoms with Gasteiger partial charge in [-0.25, -0.2) is 4.79 Å². The molecule has 2 bridgehead atoms. The van der Waals surface area contributed by atoms with Gasteiger partial charge in [0.2, 0.25) is 5.91 Å². The number of amides is 1. The van der Waals surface area contributed by atoms with Crippen LogP contribution in [0.5, 0.6) is 5.75 Å². The summed E-state index contributed by atoms with van der Waals surface area (Å²) >= 11 is 0. The van der Waals surface area contributed by atoms with Crippen LogP contribution in [-0.4, -0.2) is 53.0 Å². The average molecular weight is 517 g/mol. The van der Waals surface area contributed by atoms with Crippen molar-refractivity contribution in [2.24, 2.45) is 11.8 Å². The Hall–Kier alpha value is -2.60. The van der Waals surface area contributed by atoms with E-state index >= 15 is 0 Å². The second-order valence-electron chi connectivity index (χ2n) is 13.1. The first-order valence-corrected chi connectivity index (χ1v) is 14.8. The lowest BCUT2D eigenvalue weighted by Gasteiger charge is -2.54. The lowest BCUT2D eigenvalue weighted by Crippen LogP contribution is -2.60. The van der Waals surface area contributed by atoms with Crippen LogP contribution in [0.3, 0.4) is 0 Å². The highest BCUT2D eigenvalue weighted by Gasteiger charge is 2.47. The summed E-state index contributed by atoms with van der Waals surface area (Å²) in [5.41, 5.74) is 3.90. The van der Waals surface area contributed by atoms with Gasteiger partial charge in [-0.3, -0.25) is 9.69 Å². The number of nitrogens with zero attached hydrogens (tertiary/aromatic N) is 2. The molecule has 1 aromatic heterocycles. The molecule has 4 atom stereocenters. The van der Waals surface area contributed by atoms with Crippen LogP contribution in [0.2, 0.25) is 0 Å². The first-order valence-electron chi connectivity index (χ1n) is 14.8. The van der Waals surface area contributed by atoms with Crippen LogP contribution in [0.4, 0.5) is 0 Å². The Labute approximate surface area is 225 Å². The summed E-state index contributed by atoms with van der Waals surface area (Å²) in [5, 5.41) is 0.914. The van der Waals surface area contributed by atoms with Gasteiger partial charge in [0, 0.05) is 30.6 Å². The number of hydrogen-bond acceptors (Lipinski definition) is 5. The fraction of sp³-hybridized carbons (Fsp3) is 0.625. The molecule has 38 heavy (non-hydrogen) atoms. The molecule has 4 aliphatic heterocycles. The Kier molecular flexibility index (Phi) is 5.77. The highest BCUT2D eigenvalue weighted by molar-refractivity contribution is 5.86. The first kappa shape index (κ1) is 24.4. The molecule has 7 rings (SSSR count). The topological polar surface area (TPSA) is 63.0 Å². The van der Waals surface area contributed by atoms with Crippen molar-refractivity contribution < 1.29 is 13.9 Å². The summed E-state index contributed by atoms with van der Waals surface area (Å²) < 4.78 is 12.0. The van der Waals surface area contributed by atoms with Gasteiger partial charge in [0.15, 0.2) is 0 Å². The summed E-state index contributed by atoms with van der Waals surface area (Å²) in [4.78, 5) is 31.9. The zero-order valence-electron chi connectivity index (χ0n) is 23.1. The average Bonchev–Trinajstić information content (AvgIpc) is 2.89. The maximum atomic E-state index is 13.9. The number of carbonyl (C=O) groups is 1. The maximum Gasteiger partial charge on any atom is 0.340 e. The number of aryl methyl sites for hydroxylation is 2. The standard InChI is InChI=1S/C32H40N2O4/c1-19-24-15-20-9-10-32(2,3)38-27(20)17-28(24)37-31(36)25(19)16-29(35)34-12-6-7-21-13-22-14-23(30(21)34)18-33-11-5-4-8-26(22)33/h13,15,17,22-23,26,30H,4-12,14,16,18H2,1-3H3/t22-,23-,26-,30+/m0/s1. The van der Waals surface area contributed by atoms with Gasteiger partial charge in [-0.15, -0.1) is 0 Å². The third-order valence-corrected chi connectivity index (χ3v) is 10.2. The number of hydrogen-bond donors (Lipinski definition) is 0. The van der Waals surface area contributed by atoms with Crippen LogP contribution in [0.25, 0.3) is 11.0 Å². The minimum Gasteiger partial charge on any atom is -0.487 e. The molecule has 1 aromatic carbocycles. The minimum absolute atomic E-state index is 0.0672. The zero-order chi connectivity index (χ0) is 26.2. The molecule has 2 aromatic rings. The second kappa shape index (κ2) is 8.97. The van der Waals surface area contributed by atoms with E-state index < -0.39 is 5.63 Å². The van der Waals surface area contributed by atoms with Crippen LogP contribution in [0.15, 0.2) is 33.0 Å². The number of fused-ring (bicyclic) bond motifs is 8. The summed E-state index contributed by atoms with van der Waals surface area (Å²) in [7, 11) is 0. The lowest BCUT2D eigenvalue weighted by molar-refractivity contribution is -0.135. The van der Waals surface area contributed by atoms with Crippen molar-refractivity contribution in [1.29, 1.82) is 0 Å². The van der Waals surface area contributed by atoms with Gasteiger partial charge in [0.1, 0.15) is 16.9 Å². The van der Waals surface area contributed by atoms with Crippen LogP contribution in [0.1, 0.15) is 75.5 Å². The van der Waals surface area contributed by atoms with Gasteiger partial charge in [-0.05, 0) is 101 Å². The Bertz CT molecular complexity index is 1390. The Morgan fingerprint density at radius 3 is 2.87 bits per heavy atom. The predicted octanol–water partition coefficient (Wildman–Crippen LogP) is 5.17. The molecular weight excluding hydrogens is 476 g/mol. The van der Waals surface area contributed by atoms with E-state index in [1.54, 1.807) is 0 Å². The number of likely N-dealkylation sites (tertiary alicyclic amines) is 1. The van der Waals surface area contributed by atoms with Gasteiger partial charge >= 0.3 is 5.63 Å². The largest absolute Gasteiger partial charge is 0.487 e. The third-order valence-electron chi connectivity index (χ3n) is 10.2. The number of benzene rings is 1. The highest BCUT2D eigenvalue weighted by Crippen LogP contribution is 2.45. The summed E-state index contributed by atoms with van der Waals surface area (Å²) in [6.45, 7) is 9.22. The summed E-state index contributed by atoms with van der Waals surface area (Å²) in [6.07, 6.45) is 11.8. The minimum atomic E-state index is -0.399. The summed E-state index contributed by atoms with van der Waals surface area (Å²) in [5.74, 6) is 2.01. The molecule has 3 fully saturated rings. The van der Waals surface area contributed by atoms with Crippen LogP contribution < -0.4 is 10.4 Å². The molecule has 6 heteroatoms. The van der Waals surface area contributed by atoms with Crippen molar-refractivity contribution in [1.82, 2.24) is 9.80 Å². The van der Waals surface area contributed by atoms with E-state index in [1.165, 1.54) is 37.8 Å². The Balaban J connectivity index is 1.18. The molecule has 0 N–H and O–H groups in total. The van der Waals surface area contributed by atoms with Crippen molar-refractivity contribution >= 4 is 16.9 Å². The van der Waals surface area contributed by atoms with Gasteiger partial charge in [-0.2, -0.15) is 0 Å². The molecular formula is C32H40N2O4. The van der Waals surface area contributed by atoms with Crippen molar-refractivity contribution in [3.63, 3.8) is 0 Å². The molecule has 0 spiro atoms. The normalized spacial score (nSPS) is 30.1. The SMILES string of the molecule is Cc1c(CC(=O)N2CCCC3=C[C@H]4C[C@@H](CN5CCCC[C@@H]45)[C@@H]32)c(=O)oc2cc3c(cc12)CCC(C)(C)O3. The van der Waals surface area contributed by atoms with Crippen molar-refractivity contribution in [2.75, 3.05) is 19.6 Å². The molecule has 5 heterocycles. The Morgan fingerprint density at radius 2 is 2.00 bits per heavy atom. The van der Waals surface area contributed by atoms with Crippen molar-refractivity contribution in [3.05, 3.63) is 50.9 Å². The van der Waals surface area contributed by atoms with E-state index in [2.05, 4.69) is 35.8 Å². The molecule has 0 saturated carbocycles. The smallest absolute Gasteiger partial charge is 0.340 e. The van der Waals surface area contributed by atoms with E-state index in [9.17, 15) is 9.59 Å². The molecule has 0 radical (unpaired) electrons. The molecule has 1 amide bonds. The quantitative estimate of drug-likeness (QED) is 0.407. The fourth-order valence-corrected chi connectivity index (χ4v) is 8.25. The van der Waals surface area contributed by atoms with Gasteiger partial charge in [0.05, 0.1) is 18.0 Å². The van der Waals surface area contributed by atoms with Gasteiger partial charge in [0.25, 0.3) is 0 Å². The molecule has 202 valence electrons. The van der Waals surface area contributed by atoms with E-state index in [0.29, 0.717) is 29.0 Å². The van der Waals surface area contributed by atoms with E-state index in [-0.39, 0.29) is 24.0 Å². The Morgan fingerprint density at radius 1 is 1.13 bits per heavy atom. The number of ether oxygens (including phenoxy) is 1. The molecule has 0 unspecified atom stereocenters. The second-order valence-corrected chi connectivity index (χ2v) is 13.1. The van der Waals surface area contributed by atoms with E-state index in [0.717, 1.165) is 61.0 Å². The molecule has 5 aliphatic rings. The van der Waals surface area contributed by atoms with E-state index in [4.69, 9.17) is 9.15 Å². The van der Waals surface area contributed by atoms with Crippen molar-refractivity contribution in [3.8, 4) is 5.75 Å². The van der Waals surface area contributed by atoms with E-state index in [1.807, 2.05) is 13.0 Å². The predicted molar refractivity (Wildman–Crippen MR) is 148 cm³/mol. The molecule has 6 nitrogen and oxygen atoms in total. The number of rotatable bonds is 2. The lowest BCUT2D eigenvalue weighted by atomic mass is 9.68. The van der Waals surface area contributed by atoms with Gasteiger partial charge in [-0.1, -0.05) is 18.1 Å². The summed E-state index contributed by atoms with van der Waals surface area (Å²) in [6, 6.07) is 4.86. The zero-order valence-corrected chi connectivity index (χ0v) is 23.1. The first-order chi connectivity index (χ1) is 18.3. The molecule has 3 saturated heterocycles. The van der Waals surface area contributed by atoms with Gasteiger partial charge < -0.3 is 14.1 Å². The third kappa shape index (κ3) is 4.02. The number of carbonyl (C=O) groups excluding carboxylic acids is 1. The molecule has 1 aliphatic carbocycles. The fourth-order valence-electron chi connectivity index (χ4n) is 8.25. The highest BCUT2D eigenvalue weighted by atomic mass is 16.5. The van der Waals surface area contributed by atoms with Crippen molar-refractivity contribution in [2.45, 2.75) is 96.2 Å².